The van der Waals surface area contributed by atoms with Crippen LogP contribution in [0.3, 0.4) is 0 Å². The van der Waals surface area contributed by atoms with Crippen molar-refractivity contribution < 1.29 is 19.8 Å². The summed E-state index contributed by atoms with van der Waals surface area (Å²) in [7, 11) is 0. The molecule has 3 N–H and O–H groups in total. The fourth-order valence-corrected chi connectivity index (χ4v) is 3.30. The molecular weight excluding hydrogens is 272 g/mol. The molecule has 0 unspecified atom stereocenters. The zero-order valence-electron chi connectivity index (χ0n) is 12.5. The standard InChI is InChI=1S/C15H26N2O4/c18-10-9-17(12-5-4-6-12)14(21)16-11-15(13(19)20)7-2-1-3-8-15/h12,18H,1-11H2,(H,16,21)(H,19,20). The van der Waals surface area contributed by atoms with Crippen molar-refractivity contribution in [2.45, 2.75) is 57.4 Å². The van der Waals surface area contributed by atoms with Crippen molar-refractivity contribution in [3.05, 3.63) is 0 Å². The number of aliphatic hydroxyl groups is 1. The lowest BCUT2D eigenvalue weighted by Crippen LogP contribution is -2.53. The van der Waals surface area contributed by atoms with Gasteiger partial charge in [-0.25, -0.2) is 4.79 Å². The largest absolute Gasteiger partial charge is 0.481 e. The van der Waals surface area contributed by atoms with E-state index >= 15 is 0 Å². The zero-order chi connectivity index (χ0) is 15.3. The number of carboxylic acid groups (broad SMARTS) is 1. The van der Waals surface area contributed by atoms with Crippen LogP contribution in [0.5, 0.6) is 0 Å². The molecule has 0 aromatic rings. The molecule has 21 heavy (non-hydrogen) atoms. The molecule has 2 aliphatic rings. The molecule has 0 bridgehead atoms. The van der Waals surface area contributed by atoms with Crippen LogP contribution in [0.2, 0.25) is 0 Å². The summed E-state index contributed by atoms with van der Waals surface area (Å²) < 4.78 is 0. The first kappa shape index (κ1) is 16.1. The van der Waals surface area contributed by atoms with Crippen LogP contribution in [0.25, 0.3) is 0 Å². The predicted octanol–water partition coefficient (Wildman–Crippen LogP) is 1.58. The van der Waals surface area contributed by atoms with Crippen molar-refractivity contribution in [2.75, 3.05) is 19.7 Å². The van der Waals surface area contributed by atoms with Gasteiger partial charge < -0.3 is 20.4 Å². The SMILES string of the molecule is O=C(NCC1(C(=O)O)CCCCC1)N(CCO)C1CCC1. The molecule has 0 spiro atoms. The first-order chi connectivity index (χ1) is 10.1. The molecule has 2 amide bonds. The highest BCUT2D eigenvalue weighted by Crippen LogP contribution is 2.36. The van der Waals surface area contributed by atoms with Crippen LogP contribution in [0.1, 0.15) is 51.4 Å². The van der Waals surface area contributed by atoms with E-state index in [1.807, 2.05) is 0 Å². The first-order valence-corrected chi connectivity index (χ1v) is 7.98. The molecule has 6 heteroatoms. The molecule has 2 aliphatic carbocycles. The number of nitrogens with one attached hydrogen (secondary N) is 1. The summed E-state index contributed by atoms with van der Waals surface area (Å²) >= 11 is 0. The Hall–Kier alpha value is -1.30. The van der Waals surface area contributed by atoms with Gasteiger partial charge in [-0.05, 0) is 32.1 Å². The van der Waals surface area contributed by atoms with E-state index in [4.69, 9.17) is 5.11 Å². The van der Waals surface area contributed by atoms with Gasteiger partial charge in [0, 0.05) is 19.1 Å². The molecule has 0 aromatic heterocycles. The number of hydrogen-bond donors (Lipinski definition) is 3. The second-order valence-corrected chi connectivity index (χ2v) is 6.31. The van der Waals surface area contributed by atoms with Crippen molar-refractivity contribution in [3.63, 3.8) is 0 Å². The number of amides is 2. The third-order valence-corrected chi connectivity index (χ3v) is 4.96. The maximum atomic E-state index is 12.3. The highest BCUT2D eigenvalue weighted by Gasteiger charge is 2.40. The zero-order valence-corrected chi connectivity index (χ0v) is 12.5. The van der Waals surface area contributed by atoms with Crippen LogP contribution in [0, 0.1) is 5.41 Å². The van der Waals surface area contributed by atoms with Gasteiger partial charge >= 0.3 is 12.0 Å². The maximum absolute atomic E-state index is 12.3. The fourth-order valence-electron chi connectivity index (χ4n) is 3.30. The van der Waals surface area contributed by atoms with Gasteiger partial charge in [-0.1, -0.05) is 19.3 Å². The van der Waals surface area contributed by atoms with Gasteiger partial charge in [0.25, 0.3) is 0 Å². The Labute approximate surface area is 125 Å². The van der Waals surface area contributed by atoms with E-state index in [-0.39, 0.29) is 25.2 Å². The Kier molecular flexibility index (Phi) is 5.45. The number of urea groups is 1. The number of rotatable bonds is 6. The number of aliphatic hydroxyl groups excluding tert-OH is 1. The number of aliphatic carboxylic acids is 1. The van der Waals surface area contributed by atoms with Crippen molar-refractivity contribution >= 4 is 12.0 Å². The fraction of sp³-hybridized carbons (Fsp3) is 0.867. The Morgan fingerprint density at radius 2 is 1.81 bits per heavy atom. The van der Waals surface area contributed by atoms with Gasteiger partial charge in [-0.2, -0.15) is 0 Å². The minimum absolute atomic E-state index is 0.0615. The summed E-state index contributed by atoms with van der Waals surface area (Å²) in [5, 5.41) is 21.4. The molecule has 2 saturated carbocycles. The van der Waals surface area contributed by atoms with Gasteiger partial charge in [0.2, 0.25) is 0 Å². The minimum Gasteiger partial charge on any atom is -0.481 e. The number of carboxylic acids is 1. The van der Waals surface area contributed by atoms with Gasteiger partial charge in [0.15, 0.2) is 0 Å². The summed E-state index contributed by atoms with van der Waals surface area (Å²) in [6, 6.07) is -0.0377. The van der Waals surface area contributed by atoms with Crippen LogP contribution in [0.4, 0.5) is 4.79 Å². The smallest absolute Gasteiger partial charge is 0.317 e. The summed E-state index contributed by atoms with van der Waals surface area (Å²) in [5.41, 5.74) is -0.807. The molecule has 2 fully saturated rings. The van der Waals surface area contributed by atoms with Crippen LogP contribution >= 0.6 is 0 Å². The molecular formula is C15H26N2O4. The monoisotopic (exact) mass is 298 g/mol. The molecule has 0 heterocycles. The quantitative estimate of drug-likeness (QED) is 0.694. The Morgan fingerprint density at radius 1 is 1.14 bits per heavy atom. The molecule has 0 radical (unpaired) electrons. The highest BCUT2D eigenvalue weighted by molar-refractivity contribution is 5.78. The van der Waals surface area contributed by atoms with Crippen molar-refractivity contribution in [3.8, 4) is 0 Å². The van der Waals surface area contributed by atoms with Crippen molar-refractivity contribution in [2.24, 2.45) is 5.41 Å². The third-order valence-electron chi connectivity index (χ3n) is 4.96. The molecule has 0 aliphatic heterocycles. The van der Waals surface area contributed by atoms with Gasteiger partial charge in [-0.3, -0.25) is 4.79 Å². The topological polar surface area (TPSA) is 89.9 Å². The third kappa shape index (κ3) is 3.67. The van der Waals surface area contributed by atoms with E-state index in [0.29, 0.717) is 19.4 Å². The van der Waals surface area contributed by atoms with Gasteiger partial charge in [0.1, 0.15) is 0 Å². The second-order valence-electron chi connectivity index (χ2n) is 6.31. The molecule has 2 rings (SSSR count). The molecule has 0 atom stereocenters. The summed E-state index contributed by atoms with van der Waals surface area (Å²) in [6.45, 7) is 0.445. The number of nitrogens with zero attached hydrogens (tertiary/aromatic N) is 1. The number of carbonyl (C=O) groups excluding carboxylic acids is 1. The Morgan fingerprint density at radius 3 is 2.29 bits per heavy atom. The van der Waals surface area contributed by atoms with E-state index in [9.17, 15) is 14.7 Å². The van der Waals surface area contributed by atoms with Crippen molar-refractivity contribution in [1.82, 2.24) is 10.2 Å². The first-order valence-electron chi connectivity index (χ1n) is 7.98. The van der Waals surface area contributed by atoms with E-state index in [1.165, 1.54) is 0 Å². The van der Waals surface area contributed by atoms with E-state index in [2.05, 4.69) is 5.32 Å². The Balaban J connectivity index is 1.92. The van der Waals surface area contributed by atoms with Gasteiger partial charge in [-0.15, -0.1) is 0 Å². The van der Waals surface area contributed by atoms with Crippen molar-refractivity contribution in [1.29, 1.82) is 0 Å². The Bertz CT molecular complexity index is 376. The lowest BCUT2D eigenvalue weighted by Gasteiger charge is -2.39. The summed E-state index contributed by atoms with van der Waals surface area (Å²) in [5.74, 6) is -0.806. The van der Waals surface area contributed by atoms with Crippen LogP contribution in [-0.4, -0.2) is 52.9 Å². The van der Waals surface area contributed by atoms with E-state index in [1.54, 1.807) is 4.90 Å². The average molecular weight is 298 g/mol. The second kappa shape index (κ2) is 7.11. The van der Waals surface area contributed by atoms with Crippen LogP contribution in [0.15, 0.2) is 0 Å². The predicted molar refractivity (Wildman–Crippen MR) is 78.0 cm³/mol. The molecule has 0 aromatic carbocycles. The van der Waals surface area contributed by atoms with Crippen LogP contribution < -0.4 is 5.32 Å². The maximum Gasteiger partial charge on any atom is 0.317 e. The molecule has 6 nitrogen and oxygen atoms in total. The summed E-state index contributed by atoms with van der Waals surface area (Å²) in [6.07, 6.45) is 7.20. The lowest BCUT2D eigenvalue weighted by atomic mass is 9.74. The van der Waals surface area contributed by atoms with Crippen LogP contribution in [-0.2, 0) is 4.79 Å². The number of hydrogen-bond acceptors (Lipinski definition) is 3. The summed E-state index contributed by atoms with van der Waals surface area (Å²) in [4.78, 5) is 25.5. The average Bonchev–Trinajstić information content (AvgIpc) is 2.43. The van der Waals surface area contributed by atoms with Gasteiger partial charge in [0.05, 0.1) is 12.0 Å². The van der Waals surface area contributed by atoms with E-state index < -0.39 is 11.4 Å². The lowest BCUT2D eigenvalue weighted by molar-refractivity contribution is -0.150. The molecule has 120 valence electrons. The van der Waals surface area contributed by atoms with E-state index in [0.717, 1.165) is 38.5 Å². The minimum atomic E-state index is -0.807. The normalized spacial score (nSPS) is 21.4. The number of carbonyl (C=O) groups is 2. The highest BCUT2D eigenvalue weighted by atomic mass is 16.4. The molecule has 0 saturated heterocycles.